The van der Waals surface area contributed by atoms with Crippen molar-refractivity contribution in [3.05, 3.63) is 32.4 Å². The summed E-state index contributed by atoms with van der Waals surface area (Å²) in [5.41, 5.74) is 0.278. The number of benzene rings is 1. The molecule has 1 aromatic heterocycles. The highest BCUT2D eigenvalue weighted by Crippen LogP contribution is 2.31. The monoisotopic (exact) mass is 231 g/mol. The van der Waals surface area contributed by atoms with Gasteiger partial charge in [0.15, 0.2) is 0 Å². The second-order valence-corrected chi connectivity index (χ2v) is 3.40. The molecular weight excluding hydrogens is 229 g/mol. The van der Waals surface area contributed by atoms with E-state index in [1.54, 1.807) is 0 Å². The van der Waals surface area contributed by atoms with Gasteiger partial charge in [0.05, 0.1) is 15.3 Å². The number of aromatic amines is 1. The van der Waals surface area contributed by atoms with Crippen LogP contribution in [-0.4, -0.2) is 15.1 Å². The van der Waals surface area contributed by atoms with E-state index in [2.05, 4.69) is 10.2 Å². The number of hydrogen-bond donors (Lipinski definition) is 1. The van der Waals surface area contributed by atoms with Crippen molar-refractivity contribution < 1.29 is 4.92 Å². The summed E-state index contributed by atoms with van der Waals surface area (Å²) in [6, 6.07) is 2.55. The van der Waals surface area contributed by atoms with Crippen molar-refractivity contribution in [3.63, 3.8) is 0 Å². The van der Waals surface area contributed by atoms with E-state index in [9.17, 15) is 10.1 Å². The number of nitrogens with zero attached hydrogens (tertiary/aromatic N) is 2. The van der Waals surface area contributed by atoms with Crippen molar-refractivity contribution >= 4 is 39.8 Å². The third-order valence-electron chi connectivity index (χ3n) is 1.76. The molecule has 0 radical (unpaired) electrons. The van der Waals surface area contributed by atoms with E-state index in [0.29, 0.717) is 10.9 Å². The summed E-state index contributed by atoms with van der Waals surface area (Å²) in [6.45, 7) is 0. The number of halogens is 2. The molecule has 0 atom stereocenters. The van der Waals surface area contributed by atoms with E-state index in [4.69, 9.17) is 23.2 Å². The van der Waals surface area contributed by atoms with Gasteiger partial charge >= 0.3 is 0 Å². The molecule has 5 nitrogen and oxygen atoms in total. The molecule has 1 heterocycles. The van der Waals surface area contributed by atoms with Crippen LogP contribution in [0.3, 0.4) is 0 Å². The third kappa shape index (κ3) is 1.30. The van der Waals surface area contributed by atoms with Crippen LogP contribution in [0.5, 0.6) is 0 Å². The lowest BCUT2D eigenvalue weighted by molar-refractivity contribution is -0.384. The molecule has 0 aliphatic carbocycles. The van der Waals surface area contributed by atoms with Crippen molar-refractivity contribution in [2.75, 3.05) is 0 Å². The molecule has 0 saturated carbocycles. The lowest BCUT2D eigenvalue weighted by atomic mass is 10.2. The Morgan fingerprint density at radius 2 is 2.14 bits per heavy atom. The highest BCUT2D eigenvalue weighted by molar-refractivity contribution is 6.41. The van der Waals surface area contributed by atoms with Crippen LogP contribution >= 0.6 is 23.2 Å². The van der Waals surface area contributed by atoms with Crippen molar-refractivity contribution in [2.45, 2.75) is 0 Å². The Bertz CT molecular complexity index is 523. The molecule has 0 aliphatic rings. The van der Waals surface area contributed by atoms with E-state index in [1.165, 1.54) is 12.1 Å². The third-order valence-corrected chi connectivity index (χ3v) is 2.33. The number of non-ortho nitro benzene ring substituents is 1. The molecule has 0 amide bonds. The zero-order valence-corrected chi connectivity index (χ0v) is 8.13. The maximum Gasteiger partial charge on any atom is 0.273 e. The molecule has 0 spiro atoms. The first-order valence-corrected chi connectivity index (χ1v) is 4.32. The number of fused-ring (bicyclic) bond motifs is 1. The Labute approximate surface area is 87.8 Å². The van der Waals surface area contributed by atoms with E-state index in [1.807, 2.05) is 0 Å². The Morgan fingerprint density at radius 1 is 1.43 bits per heavy atom. The van der Waals surface area contributed by atoms with E-state index < -0.39 is 4.92 Å². The zero-order valence-electron chi connectivity index (χ0n) is 6.62. The Hall–Kier alpha value is -1.33. The lowest BCUT2D eigenvalue weighted by Crippen LogP contribution is -1.87. The van der Waals surface area contributed by atoms with Crippen LogP contribution in [0.1, 0.15) is 0 Å². The number of aromatic nitrogens is 2. The molecule has 0 aliphatic heterocycles. The average Bonchev–Trinajstić information content (AvgIpc) is 2.48. The van der Waals surface area contributed by atoms with E-state index in [-0.39, 0.29) is 15.9 Å². The first-order valence-electron chi connectivity index (χ1n) is 3.57. The molecule has 0 fully saturated rings. The minimum absolute atomic E-state index is 0.106. The van der Waals surface area contributed by atoms with Gasteiger partial charge in [0.1, 0.15) is 10.7 Å². The fourth-order valence-electron chi connectivity index (χ4n) is 1.15. The number of nitro groups is 1. The van der Waals surface area contributed by atoms with Crippen LogP contribution < -0.4 is 0 Å². The minimum Gasteiger partial charge on any atom is -0.266 e. The topological polar surface area (TPSA) is 71.8 Å². The molecule has 7 heteroatoms. The highest BCUT2D eigenvalue weighted by Gasteiger charge is 2.14. The standard InChI is InChI=1S/C7H3Cl2N3O2/c8-4-1-3(12(13)14)2-5-6(4)7(9)11-10-5/h1-2H,(H,10,11). The largest absolute Gasteiger partial charge is 0.273 e. The normalized spacial score (nSPS) is 10.7. The van der Waals surface area contributed by atoms with Gasteiger partial charge in [-0.15, -0.1) is 0 Å². The van der Waals surface area contributed by atoms with Crippen molar-refractivity contribution in [2.24, 2.45) is 0 Å². The summed E-state index contributed by atoms with van der Waals surface area (Å²) in [7, 11) is 0. The maximum absolute atomic E-state index is 10.5. The SMILES string of the molecule is O=[N+]([O-])c1cc(Cl)c2c(Cl)[nH]nc2c1. The number of nitrogens with one attached hydrogen (secondary N) is 1. The number of nitro benzene ring substituents is 1. The fraction of sp³-hybridized carbons (Fsp3) is 0. The Morgan fingerprint density at radius 3 is 2.79 bits per heavy atom. The summed E-state index contributed by atoms with van der Waals surface area (Å²) in [4.78, 5) is 9.95. The molecule has 1 N–H and O–H groups in total. The number of hydrogen-bond acceptors (Lipinski definition) is 3. The van der Waals surface area contributed by atoms with Gasteiger partial charge in [0.25, 0.3) is 5.69 Å². The van der Waals surface area contributed by atoms with Crippen molar-refractivity contribution in [1.82, 2.24) is 10.2 Å². The second-order valence-electron chi connectivity index (χ2n) is 2.62. The molecule has 14 heavy (non-hydrogen) atoms. The first-order chi connectivity index (χ1) is 6.59. The van der Waals surface area contributed by atoms with Gasteiger partial charge in [0, 0.05) is 12.1 Å². The molecule has 0 unspecified atom stereocenters. The summed E-state index contributed by atoms with van der Waals surface area (Å²) in [6.07, 6.45) is 0. The molecule has 2 aromatic rings. The van der Waals surface area contributed by atoms with Crippen LogP contribution in [0.15, 0.2) is 12.1 Å². The smallest absolute Gasteiger partial charge is 0.266 e. The van der Waals surface area contributed by atoms with E-state index in [0.717, 1.165) is 0 Å². The summed E-state index contributed by atoms with van der Waals surface area (Å²) >= 11 is 11.5. The average molecular weight is 232 g/mol. The summed E-state index contributed by atoms with van der Waals surface area (Å²) in [5.74, 6) is 0. The molecule has 72 valence electrons. The van der Waals surface area contributed by atoms with Gasteiger partial charge < -0.3 is 0 Å². The molecule has 0 saturated heterocycles. The lowest BCUT2D eigenvalue weighted by Gasteiger charge is -1.94. The molecule has 0 bridgehead atoms. The van der Waals surface area contributed by atoms with Gasteiger partial charge in [-0.05, 0) is 0 Å². The molecule has 2 rings (SSSR count). The molecular formula is C7H3Cl2N3O2. The van der Waals surface area contributed by atoms with Gasteiger partial charge in [-0.3, -0.25) is 15.2 Å². The number of H-pyrrole nitrogens is 1. The molecule has 1 aromatic carbocycles. The van der Waals surface area contributed by atoms with Gasteiger partial charge in [-0.2, -0.15) is 5.10 Å². The first kappa shape index (κ1) is 9.23. The fourth-order valence-corrected chi connectivity index (χ4v) is 1.75. The summed E-state index contributed by atoms with van der Waals surface area (Å²) in [5, 5.41) is 17.7. The van der Waals surface area contributed by atoms with Gasteiger partial charge in [-0.1, -0.05) is 23.2 Å². The number of rotatable bonds is 1. The maximum atomic E-state index is 10.5. The van der Waals surface area contributed by atoms with E-state index >= 15 is 0 Å². The van der Waals surface area contributed by atoms with Crippen LogP contribution in [0.25, 0.3) is 10.9 Å². The van der Waals surface area contributed by atoms with Gasteiger partial charge in [0.2, 0.25) is 0 Å². The Balaban J connectivity index is 2.80. The van der Waals surface area contributed by atoms with Crippen molar-refractivity contribution in [1.29, 1.82) is 0 Å². The van der Waals surface area contributed by atoms with Crippen LogP contribution in [0.2, 0.25) is 10.2 Å². The van der Waals surface area contributed by atoms with Crippen LogP contribution in [0, 0.1) is 10.1 Å². The van der Waals surface area contributed by atoms with Crippen LogP contribution in [-0.2, 0) is 0 Å². The zero-order chi connectivity index (χ0) is 10.3. The predicted octanol–water partition coefficient (Wildman–Crippen LogP) is 2.78. The van der Waals surface area contributed by atoms with Crippen molar-refractivity contribution in [3.8, 4) is 0 Å². The van der Waals surface area contributed by atoms with Crippen LogP contribution in [0.4, 0.5) is 5.69 Å². The second kappa shape index (κ2) is 3.11. The Kier molecular flexibility index (Phi) is 2.05. The predicted molar refractivity (Wildman–Crippen MR) is 52.8 cm³/mol. The quantitative estimate of drug-likeness (QED) is 0.606. The minimum atomic E-state index is -0.534. The van der Waals surface area contributed by atoms with Gasteiger partial charge in [-0.25, -0.2) is 0 Å². The summed E-state index contributed by atoms with van der Waals surface area (Å²) < 4.78 is 0. The highest BCUT2D eigenvalue weighted by atomic mass is 35.5.